The topological polar surface area (TPSA) is 52.9 Å². The van der Waals surface area contributed by atoms with Gasteiger partial charge in [0, 0.05) is 19.3 Å². The van der Waals surface area contributed by atoms with Gasteiger partial charge in [-0.05, 0) is 18.6 Å². The number of aliphatic hydroxyl groups is 1. The molecule has 0 aromatic heterocycles. The minimum atomic E-state index is -0.198. The molecule has 0 aromatic carbocycles. The molecule has 120 valence electrons. The molecular weight excluding hydrogens is 264 g/mol. The van der Waals surface area contributed by atoms with E-state index < -0.39 is 0 Å². The Morgan fingerprint density at radius 1 is 1.29 bits per heavy atom. The Labute approximate surface area is 129 Å². The summed E-state index contributed by atoms with van der Waals surface area (Å²) in [5.41, 5.74) is 0.655. The molecule has 0 atom stereocenters. The first-order chi connectivity index (χ1) is 10.1. The van der Waals surface area contributed by atoms with Crippen molar-refractivity contribution in [1.29, 1.82) is 0 Å². The SMILES string of the molecule is C=C/C=C\N(C(=C)/N=C\C(=C/C)CO)C(C)=O.CC.CC. The average Bonchev–Trinajstić information content (AvgIpc) is 2.52. The van der Waals surface area contributed by atoms with Crippen molar-refractivity contribution in [2.45, 2.75) is 41.5 Å². The van der Waals surface area contributed by atoms with Crippen LogP contribution in [0.15, 0.2) is 54.0 Å². The highest BCUT2D eigenvalue weighted by molar-refractivity contribution is 5.81. The van der Waals surface area contributed by atoms with Crippen molar-refractivity contribution in [1.82, 2.24) is 4.90 Å². The van der Waals surface area contributed by atoms with Crippen LogP contribution in [-0.4, -0.2) is 28.7 Å². The predicted octanol–water partition coefficient (Wildman–Crippen LogP) is 4.07. The molecule has 0 aliphatic carbocycles. The molecule has 0 aromatic rings. The number of aliphatic hydroxyl groups excluding tert-OH is 1. The smallest absolute Gasteiger partial charge is 0.229 e. The third-order valence-corrected chi connectivity index (χ3v) is 1.92. The summed E-state index contributed by atoms with van der Waals surface area (Å²) in [4.78, 5) is 16.6. The number of aliphatic imine (C=N–C) groups is 1. The van der Waals surface area contributed by atoms with Crippen LogP contribution in [0.4, 0.5) is 0 Å². The van der Waals surface area contributed by atoms with Gasteiger partial charge in [0.1, 0.15) is 5.82 Å². The molecule has 0 heterocycles. The van der Waals surface area contributed by atoms with Crippen molar-refractivity contribution in [2.24, 2.45) is 4.99 Å². The maximum Gasteiger partial charge on any atom is 0.229 e. The number of amides is 1. The molecule has 0 bridgehead atoms. The fourth-order valence-corrected chi connectivity index (χ4v) is 0.946. The highest BCUT2D eigenvalue weighted by atomic mass is 16.3. The second kappa shape index (κ2) is 18.1. The van der Waals surface area contributed by atoms with E-state index in [2.05, 4.69) is 18.2 Å². The quantitative estimate of drug-likeness (QED) is 0.593. The Balaban J connectivity index is -0.000000739. The molecule has 4 heteroatoms. The minimum Gasteiger partial charge on any atom is -0.392 e. The van der Waals surface area contributed by atoms with Crippen molar-refractivity contribution in [3.8, 4) is 0 Å². The third-order valence-electron chi connectivity index (χ3n) is 1.92. The van der Waals surface area contributed by atoms with Crippen molar-refractivity contribution in [2.75, 3.05) is 6.61 Å². The summed E-state index contributed by atoms with van der Waals surface area (Å²) in [5, 5.41) is 8.93. The lowest BCUT2D eigenvalue weighted by molar-refractivity contribution is -0.124. The number of carbonyl (C=O) groups excluding carboxylic acids is 1. The summed E-state index contributed by atoms with van der Waals surface area (Å²) in [6.07, 6.45) is 7.90. The Morgan fingerprint density at radius 2 is 1.81 bits per heavy atom. The first kappa shape index (κ1) is 24.1. The van der Waals surface area contributed by atoms with Gasteiger partial charge in [0.15, 0.2) is 0 Å². The van der Waals surface area contributed by atoms with Crippen LogP contribution in [0.1, 0.15) is 41.5 Å². The molecule has 1 N–H and O–H groups in total. The van der Waals surface area contributed by atoms with Crippen molar-refractivity contribution >= 4 is 12.1 Å². The molecule has 0 saturated heterocycles. The molecule has 4 nitrogen and oxygen atoms in total. The number of nitrogens with zero attached hydrogens (tertiary/aromatic N) is 2. The van der Waals surface area contributed by atoms with E-state index in [1.165, 1.54) is 24.2 Å². The van der Waals surface area contributed by atoms with Gasteiger partial charge in [-0.25, -0.2) is 4.99 Å². The molecule has 0 spiro atoms. The van der Waals surface area contributed by atoms with Crippen molar-refractivity contribution in [3.63, 3.8) is 0 Å². The number of hydrogen-bond donors (Lipinski definition) is 1. The monoisotopic (exact) mass is 294 g/mol. The van der Waals surface area contributed by atoms with E-state index in [0.29, 0.717) is 5.57 Å². The first-order valence-corrected chi connectivity index (χ1v) is 7.14. The zero-order valence-corrected chi connectivity index (χ0v) is 14.3. The van der Waals surface area contributed by atoms with E-state index in [1.807, 2.05) is 27.7 Å². The molecule has 0 aliphatic heterocycles. The highest BCUT2D eigenvalue weighted by Crippen LogP contribution is 2.05. The van der Waals surface area contributed by atoms with Crippen LogP contribution >= 0.6 is 0 Å². The van der Waals surface area contributed by atoms with Crippen LogP contribution in [0.3, 0.4) is 0 Å². The second-order valence-electron chi connectivity index (χ2n) is 3.16. The van der Waals surface area contributed by atoms with Crippen molar-refractivity contribution < 1.29 is 9.90 Å². The molecule has 21 heavy (non-hydrogen) atoms. The van der Waals surface area contributed by atoms with Crippen LogP contribution < -0.4 is 0 Å². The number of hydrogen-bond acceptors (Lipinski definition) is 3. The van der Waals surface area contributed by atoms with Crippen LogP contribution in [0.5, 0.6) is 0 Å². The Morgan fingerprint density at radius 3 is 2.14 bits per heavy atom. The molecule has 0 saturated carbocycles. The lowest BCUT2D eigenvalue weighted by Gasteiger charge is -2.14. The Kier molecular flexibility index (Phi) is 20.7. The molecular formula is C17H30N2O2. The average molecular weight is 294 g/mol. The zero-order chi connectivity index (χ0) is 17.3. The van der Waals surface area contributed by atoms with Gasteiger partial charge in [-0.3, -0.25) is 9.69 Å². The minimum absolute atomic E-state index is 0.101. The summed E-state index contributed by atoms with van der Waals surface area (Å²) in [7, 11) is 0. The summed E-state index contributed by atoms with van der Waals surface area (Å²) in [6.45, 7) is 18.3. The molecule has 0 rings (SSSR count). The number of allylic oxidation sites excluding steroid dienone is 3. The summed E-state index contributed by atoms with van der Waals surface area (Å²) in [5.74, 6) is 0.0830. The van der Waals surface area contributed by atoms with Gasteiger partial charge in [0.25, 0.3) is 0 Å². The molecule has 0 aliphatic rings. The third kappa shape index (κ3) is 12.8. The fourth-order valence-electron chi connectivity index (χ4n) is 0.946. The fraction of sp³-hybridized carbons (Fsp3) is 0.412. The summed E-state index contributed by atoms with van der Waals surface area (Å²) < 4.78 is 0. The van der Waals surface area contributed by atoms with Gasteiger partial charge >= 0.3 is 0 Å². The van der Waals surface area contributed by atoms with E-state index in [9.17, 15) is 4.79 Å². The first-order valence-electron chi connectivity index (χ1n) is 7.14. The standard InChI is InChI=1S/C13H18N2O2.2C2H6/c1-5-7-8-15(12(4)17)11(3)14-9-13(6-2)10-16;2*1-2/h5-9,16H,1,3,10H2,2,4H3;2*1-2H3/b8-7-,13-6+,14-9-;;. The van der Waals surface area contributed by atoms with E-state index >= 15 is 0 Å². The van der Waals surface area contributed by atoms with Gasteiger partial charge in [-0.15, -0.1) is 0 Å². The maximum absolute atomic E-state index is 11.3. The van der Waals surface area contributed by atoms with Crippen LogP contribution in [0.2, 0.25) is 0 Å². The summed E-state index contributed by atoms with van der Waals surface area (Å²) in [6, 6.07) is 0. The molecule has 0 fully saturated rings. The van der Waals surface area contributed by atoms with Crippen molar-refractivity contribution in [3.05, 3.63) is 49.0 Å². The largest absolute Gasteiger partial charge is 0.392 e. The van der Waals surface area contributed by atoms with Gasteiger partial charge in [0.2, 0.25) is 5.91 Å². The lowest BCUT2D eigenvalue weighted by atomic mass is 10.3. The van der Waals surface area contributed by atoms with Crippen LogP contribution in [-0.2, 0) is 4.79 Å². The van der Waals surface area contributed by atoms with E-state index in [1.54, 1.807) is 25.2 Å². The van der Waals surface area contributed by atoms with Gasteiger partial charge in [-0.1, -0.05) is 53.0 Å². The van der Waals surface area contributed by atoms with Gasteiger partial charge < -0.3 is 5.11 Å². The van der Waals surface area contributed by atoms with E-state index in [4.69, 9.17) is 5.11 Å². The highest BCUT2D eigenvalue weighted by Gasteiger charge is 2.07. The van der Waals surface area contributed by atoms with E-state index in [0.717, 1.165) is 0 Å². The number of rotatable bonds is 6. The lowest BCUT2D eigenvalue weighted by Crippen LogP contribution is -2.20. The van der Waals surface area contributed by atoms with Gasteiger partial charge in [0.05, 0.1) is 6.61 Å². The Hall–Kier alpha value is -1.94. The predicted molar refractivity (Wildman–Crippen MR) is 93.0 cm³/mol. The molecule has 0 radical (unpaired) electrons. The second-order valence-corrected chi connectivity index (χ2v) is 3.16. The number of carbonyl (C=O) groups is 1. The van der Waals surface area contributed by atoms with Gasteiger partial charge in [-0.2, -0.15) is 0 Å². The molecule has 1 amide bonds. The summed E-state index contributed by atoms with van der Waals surface area (Å²) >= 11 is 0. The van der Waals surface area contributed by atoms with E-state index in [-0.39, 0.29) is 18.3 Å². The molecule has 0 unspecified atom stereocenters. The maximum atomic E-state index is 11.3. The zero-order valence-electron chi connectivity index (χ0n) is 14.3. The normalized spacial score (nSPS) is 10.3. The van der Waals surface area contributed by atoms with Crippen LogP contribution in [0, 0.1) is 0 Å². The Bertz CT molecular complexity index is 380. The van der Waals surface area contributed by atoms with Crippen LogP contribution in [0.25, 0.3) is 0 Å².